The van der Waals surface area contributed by atoms with Crippen LogP contribution in [-0.2, 0) is 0 Å². The van der Waals surface area contributed by atoms with Crippen LogP contribution in [0.4, 0.5) is 0 Å². The second-order valence-corrected chi connectivity index (χ2v) is 6.23. The molecule has 1 fully saturated rings. The normalized spacial score (nSPS) is 30.5. The number of likely N-dealkylation sites (N-methyl/N-ethyl adjacent to an activating group) is 2. The van der Waals surface area contributed by atoms with Gasteiger partial charge in [0.15, 0.2) is 0 Å². The highest BCUT2D eigenvalue weighted by atomic mass is 16.3. The van der Waals surface area contributed by atoms with E-state index in [1.165, 1.54) is 6.42 Å². The molecule has 17 heavy (non-hydrogen) atoms. The fraction of sp³-hybridized carbons (Fsp3) is 1.00. The van der Waals surface area contributed by atoms with Crippen molar-refractivity contribution < 1.29 is 5.11 Å². The van der Waals surface area contributed by atoms with Crippen LogP contribution in [0.1, 0.15) is 33.1 Å². The van der Waals surface area contributed by atoms with Crippen molar-refractivity contribution in [1.82, 2.24) is 9.80 Å². The summed E-state index contributed by atoms with van der Waals surface area (Å²) >= 11 is 0. The van der Waals surface area contributed by atoms with E-state index in [1.54, 1.807) is 0 Å². The van der Waals surface area contributed by atoms with E-state index >= 15 is 0 Å². The Labute approximate surface area is 107 Å². The number of nitrogens with zero attached hydrogens (tertiary/aromatic N) is 2. The molecule has 0 aromatic carbocycles. The maximum atomic E-state index is 9.87. The molecule has 0 amide bonds. The summed E-state index contributed by atoms with van der Waals surface area (Å²) < 4.78 is 0. The molecule has 0 aliphatic heterocycles. The highest BCUT2D eigenvalue weighted by Gasteiger charge is 2.33. The first kappa shape index (κ1) is 14.9. The fourth-order valence-electron chi connectivity index (χ4n) is 2.96. The molecule has 3 atom stereocenters. The van der Waals surface area contributed by atoms with Crippen molar-refractivity contribution in [3.05, 3.63) is 0 Å². The molecular weight excluding hydrogens is 212 g/mol. The van der Waals surface area contributed by atoms with Crippen LogP contribution in [-0.4, -0.2) is 61.3 Å². The molecule has 0 aromatic heterocycles. The largest absolute Gasteiger partial charge is 0.393 e. The summed E-state index contributed by atoms with van der Waals surface area (Å²) in [6.07, 6.45) is 3.03. The minimum absolute atomic E-state index is 0.0863. The molecule has 1 aliphatic carbocycles. The molecular formula is C14H30N2O. The SMILES string of the molecule is CC(C)C1CCC(O)CC1N(C)CCN(C)C. The Morgan fingerprint density at radius 2 is 1.76 bits per heavy atom. The minimum Gasteiger partial charge on any atom is -0.393 e. The second kappa shape index (κ2) is 6.72. The van der Waals surface area contributed by atoms with E-state index in [9.17, 15) is 5.11 Å². The molecule has 0 radical (unpaired) electrons. The van der Waals surface area contributed by atoms with E-state index in [0.717, 1.165) is 31.8 Å². The summed E-state index contributed by atoms with van der Waals surface area (Å²) in [5.41, 5.74) is 0. The van der Waals surface area contributed by atoms with Crippen molar-refractivity contribution in [2.24, 2.45) is 11.8 Å². The molecule has 0 spiro atoms. The molecule has 3 heteroatoms. The van der Waals surface area contributed by atoms with Gasteiger partial charge in [-0.05, 0) is 52.2 Å². The van der Waals surface area contributed by atoms with Crippen molar-refractivity contribution in [2.75, 3.05) is 34.2 Å². The van der Waals surface area contributed by atoms with Crippen molar-refractivity contribution in [3.63, 3.8) is 0 Å². The van der Waals surface area contributed by atoms with Crippen molar-refractivity contribution in [1.29, 1.82) is 0 Å². The molecule has 3 nitrogen and oxygen atoms in total. The maximum Gasteiger partial charge on any atom is 0.0555 e. The zero-order valence-corrected chi connectivity index (χ0v) is 12.2. The van der Waals surface area contributed by atoms with Crippen LogP contribution < -0.4 is 0 Å². The van der Waals surface area contributed by atoms with Crippen LogP contribution in [0.2, 0.25) is 0 Å². The quantitative estimate of drug-likeness (QED) is 0.794. The predicted octanol–water partition coefficient (Wildman–Crippen LogP) is 1.67. The van der Waals surface area contributed by atoms with Crippen molar-refractivity contribution >= 4 is 0 Å². The van der Waals surface area contributed by atoms with Crippen molar-refractivity contribution in [3.8, 4) is 0 Å². The minimum atomic E-state index is -0.0863. The summed E-state index contributed by atoms with van der Waals surface area (Å²) in [4.78, 5) is 4.67. The van der Waals surface area contributed by atoms with Gasteiger partial charge in [0, 0.05) is 19.1 Å². The second-order valence-electron chi connectivity index (χ2n) is 6.23. The van der Waals surface area contributed by atoms with Crippen LogP contribution in [0.25, 0.3) is 0 Å². The topological polar surface area (TPSA) is 26.7 Å². The van der Waals surface area contributed by atoms with Crippen LogP contribution in [0.15, 0.2) is 0 Å². The lowest BCUT2D eigenvalue weighted by Gasteiger charge is -2.42. The molecule has 1 rings (SSSR count). The summed E-state index contributed by atoms with van der Waals surface area (Å²) in [5, 5.41) is 9.87. The molecule has 1 aliphatic rings. The van der Waals surface area contributed by atoms with Gasteiger partial charge in [-0.15, -0.1) is 0 Å². The maximum absolute atomic E-state index is 9.87. The zero-order chi connectivity index (χ0) is 13.0. The Kier molecular flexibility index (Phi) is 5.90. The van der Waals surface area contributed by atoms with Crippen LogP contribution >= 0.6 is 0 Å². The van der Waals surface area contributed by atoms with E-state index in [1.807, 2.05) is 0 Å². The number of aliphatic hydroxyl groups excluding tert-OH is 1. The first-order valence-electron chi connectivity index (χ1n) is 6.94. The third-order valence-corrected chi connectivity index (χ3v) is 4.16. The summed E-state index contributed by atoms with van der Waals surface area (Å²) in [7, 11) is 6.44. The van der Waals surface area contributed by atoms with E-state index in [-0.39, 0.29) is 6.10 Å². The summed E-state index contributed by atoms with van der Waals surface area (Å²) in [6, 6.07) is 0.554. The van der Waals surface area contributed by atoms with Gasteiger partial charge >= 0.3 is 0 Å². The molecule has 102 valence electrons. The lowest BCUT2D eigenvalue weighted by atomic mass is 9.76. The van der Waals surface area contributed by atoms with Gasteiger partial charge in [-0.3, -0.25) is 0 Å². The zero-order valence-electron chi connectivity index (χ0n) is 12.2. The molecule has 1 N–H and O–H groups in total. The lowest BCUT2D eigenvalue weighted by molar-refractivity contribution is 0.0205. The highest BCUT2D eigenvalue weighted by molar-refractivity contribution is 4.87. The molecule has 0 aromatic rings. The number of hydrogen-bond acceptors (Lipinski definition) is 3. The van der Waals surface area contributed by atoms with Gasteiger partial charge in [0.1, 0.15) is 0 Å². The highest BCUT2D eigenvalue weighted by Crippen LogP contribution is 2.33. The smallest absolute Gasteiger partial charge is 0.0555 e. The van der Waals surface area contributed by atoms with E-state index in [0.29, 0.717) is 12.0 Å². The van der Waals surface area contributed by atoms with Gasteiger partial charge in [0.25, 0.3) is 0 Å². The molecule has 3 unspecified atom stereocenters. The first-order valence-corrected chi connectivity index (χ1v) is 6.94. The molecule has 0 bridgehead atoms. The Morgan fingerprint density at radius 3 is 2.29 bits per heavy atom. The van der Waals surface area contributed by atoms with Gasteiger partial charge < -0.3 is 14.9 Å². The van der Waals surface area contributed by atoms with Crippen LogP contribution in [0.5, 0.6) is 0 Å². The van der Waals surface area contributed by atoms with Gasteiger partial charge in [0.2, 0.25) is 0 Å². The summed E-state index contributed by atoms with van der Waals surface area (Å²) in [6.45, 7) is 6.81. The van der Waals surface area contributed by atoms with Crippen LogP contribution in [0, 0.1) is 11.8 Å². The van der Waals surface area contributed by atoms with Gasteiger partial charge in [-0.1, -0.05) is 13.8 Å². The Hall–Kier alpha value is -0.120. The van der Waals surface area contributed by atoms with E-state index < -0.39 is 0 Å². The van der Waals surface area contributed by atoms with Crippen LogP contribution in [0.3, 0.4) is 0 Å². The number of rotatable bonds is 5. The predicted molar refractivity (Wildman–Crippen MR) is 73.2 cm³/mol. The molecule has 0 heterocycles. The molecule has 1 saturated carbocycles. The van der Waals surface area contributed by atoms with E-state index in [2.05, 4.69) is 44.8 Å². The summed E-state index contributed by atoms with van der Waals surface area (Å²) in [5.74, 6) is 1.46. The Morgan fingerprint density at radius 1 is 1.12 bits per heavy atom. The Balaban J connectivity index is 2.55. The number of hydrogen-bond donors (Lipinski definition) is 1. The molecule has 0 saturated heterocycles. The third kappa shape index (κ3) is 4.57. The van der Waals surface area contributed by atoms with E-state index in [4.69, 9.17) is 0 Å². The first-order chi connectivity index (χ1) is 7.91. The standard InChI is InChI=1S/C14H30N2O/c1-11(2)13-7-6-12(17)10-14(13)16(5)9-8-15(3)4/h11-14,17H,6-10H2,1-5H3. The Bertz CT molecular complexity index is 218. The van der Waals surface area contributed by atoms with Gasteiger partial charge in [-0.2, -0.15) is 0 Å². The lowest BCUT2D eigenvalue weighted by Crippen LogP contribution is -2.47. The fourth-order valence-corrected chi connectivity index (χ4v) is 2.96. The number of aliphatic hydroxyl groups is 1. The average Bonchev–Trinajstić information content (AvgIpc) is 2.25. The monoisotopic (exact) mass is 242 g/mol. The third-order valence-electron chi connectivity index (χ3n) is 4.16. The van der Waals surface area contributed by atoms with Crippen molar-refractivity contribution in [2.45, 2.75) is 45.3 Å². The average molecular weight is 242 g/mol. The van der Waals surface area contributed by atoms with Gasteiger partial charge in [0.05, 0.1) is 6.10 Å². The van der Waals surface area contributed by atoms with Gasteiger partial charge in [-0.25, -0.2) is 0 Å².